The third-order valence-electron chi connectivity index (χ3n) is 5.74. The average molecular weight is 391 g/mol. The van der Waals surface area contributed by atoms with Crippen molar-refractivity contribution in [2.45, 2.75) is 38.6 Å². The number of urea groups is 1. The Labute approximate surface area is 170 Å². The fourth-order valence-electron chi connectivity index (χ4n) is 4.08. The lowest BCUT2D eigenvalue weighted by atomic mass is 9.95. The number of rotatable bonds is 6. The molecule has 0 fully saturated rings. The molecule has 2 aliphatic heterocycles. The molecule has 1 aliphatic carbocycles. The Bertz CT molecular complexity index is 916. The third-order valence-corrected chi connectivity index (χ3v) is 5.74. The fourth-order valence-corrected chi connectivity index (χ4v) is 4.08. The minimum absolute atomic E-state index is 0.179. The van der Waals surface area contributed by atoms with Crippen molar-refractivity contribution in [1.82, 2.24) is 9.80 Å². The first-order valence-corrected chi connectivity index (χ1v) is 10.3. The van der Waals surface area contributed by atoms with Crippen LogP contribution in [0.15, 0.2) is 53.6 Å². The number of hydrogen-bond acceptors (Lipinski definition) is 3. The molecule has 0 bridgehead atoms. The summed E-state index contributed by atoms with van der Waals surface area (Å²) >= 11 is 0. The molecule has 0 N–H and O–H groups in total. The summed E-state index contributed by atoms with van der Waals surface area (Å²) in [5.74, 6) is -0.470. The van der Waals surface area contributed by atoms with Gasteiger partial charge in [-0.2, -0.15) is 4.99 Å². The SMILES string of the molecule is O=C(CCCCCN1C(=O)N=C2C=CC=CC2C1=O)N1CCc2ccccc2C1. The Morgan fingerprint density at radius 1 is 1.07 bits per heavy atom. The molecule has 1 atom stereocenters. The summed E-state index contributed by atoms with van der Waals surface area (Å²) in [4.78, 5) is 44.4. The maximum atomic E-state index is 12.5. The van der Waals surface area contributed by atoms with E-state index in [1.807, 2.05) is 17.0 Å². The zero-order chi connectivity index (χ0) is 20.2. The Kier molecular flexibility index (Phi) is 5.69. The molecule has 2 heterocycles. The number of fused-ring (bicyclic) bond motifs is 2. The van der Waals surface area contributed by atoms with E-state index >= 15 is 0 Å². The van der Waals surface area contributed by atoms with E-state index in [1.54, 1.807) is 24.3 Å². The Balaban J connectivity index is 1.20. The maximum absolute atomic E-state index is 12.5. The van der Waals surface area contributed by atoms with Gasteiger partial charge in [0.15, 0.2) is 0 Å². The van der Waals surface area contributed by atoms with Crippen LogP contribution in [0.4, 0.5) is 4.79 Å². The molecule has 1 unspecified atom stereocenters. The highest BCUT2D eigenvalue weighted by Gasteiger charge is 2.35. The van der Waals surface area contributed by atoms with E-state index in [-0.39, 0.29) is 11.8 Å². The molecule has 0 saturated heterocycles. The maximum Gasteiger partial charge on any atom is 0.350 e. The van der Waals surface area contributed by atoms with Gasteiger partial charge in [0.1, 0.15) is 0 Å². The first kappa shape index (κ1) is 19.3. The molecule has 0 saturated carbocycles. The van der Waals surface area contributed by atoms with Crippen molar-refractivity contribution in [3.05, 3.63) is 59.7 Å². The fraction of sp³-hybridized carbons (Fsp3) is 0.391. The van der Waals surface area contributed by atoms with Crippen LogP contribution < -0.4 is 0 Å². The highest BCUT2D eigenvalue weighted by molar-refractivity contribution is 6.21. The predicted molar refractivity (Wildman–Crippen MR) is 110 cm³/mol. The summed E-state index contributed by atoms with van der Waals surface area (Å²) in [6, 6.07) is 7.80. The zero-order valence-corrected chi connectivity index (χ0v) is 16.4. The van der Waals surface area contributed by atoms with Crippen LogP contribution in [0, 0.1) is 5.92 Å². The third kappa shape index (κ3) is 4.21. The Morgan fingerprint density at radius 3 is 2.76 bits per heavy atom. The summed E-state index contributed by atoms with van der Waals surface area (Å²) < 4.78 is 0. The summed E-state index contributed by atoms with van der Waals surface area (Å²) in [6.07, 6.45) is 10.7. The number of hydrogen-bond donors (Lipinski definition) is 0. The molecule has 1 aromatic carbocycles. The molecule has 4 rings (SSSR count). The van der Waals surface area contributed by atoms with Gasteiger partial charge in [-0.05, 0) is 36.5 Å². The lowest BCUT2D eigenvalue weighted by Gasteiger charge is -2.29. The molecular formula is C23H25N3O3. The standard InChI is InChI=1S/C23H25N3O3/c27-21(25-15-13-17-8-3-4-9-18(17)16-25)12-2-1-7-14-26-22(28)19-10-5-6-11-20(19)24-23(26)29/h3-6,8-11,19H,1-2,7,12-16H2. The van der Waals surface area contributed by atoms with Crippen LogP contribution in [-0.2, 0) is 22.6 Å². The number of imide groups is 1. The van der Waals surface area contributed by atoms with Crippen molar-refractivity contribution < 1.29 is 14.4 Å². The second-order valence-corrected chi connectivity index (χ2v) is 7.68. The van der Waals surface area contributed by atoms with Crippen LogP contribution in [0.25, 0.3) is 0 Å². The summed E-state index contributed by atoms with van der Waals surface area (Å²) in [7, 11) is 0. The van der Waals surface area contributed by atoms with Crippen molar-refractivity contribution in [1.29, 1.82) is 0 Å². The van der Waals surface area contributed by atoms with E-state index in [9.17, 15) is 14.4 Å². The molecule has 0 radical (unpaired) electrons. The Hall–Kier alpha value is -3.02. The van der Waals surface area contributed by atoms with Crippen LogP contribution in [0.2, 0.25) is 0 Å². The number of allylic oxidation sites excluding steroid dienone is 3. The van der Waals surface area contributed by atoms with E-state index in [0.717, 1.165) is 25.8 Å². The number of benzene rings is 1. The number of unbranched alkanes of at least 4 members (excludes halogenated alkanes) is 2. The van der Waals surface area contributed by atoms with Crippen LogP contribution >= 0.6 is 0 Å². The number of amides is 4. The summed E-state index contributed by atoms with van der Waals surface area (Å²) in [5, 5.41) is 0. The van der Waals surface area contributed by atoms with Gasteiger partial charge in [-0.1, -0.05) is 48.9 Å². The number of nitrogens with zero attached hydrogens (tertiary/aromatic N) is 3. The second kappa shape index (κ2) is 8.55. The van der Waals surface area contributed by atoms with Gasteiger partial charge in [0.25, 0.3) is 0 Å². The van der Waals surface area contributed by atoms with Crippen molar-refractivity contribution >= 4 is 23.6 Å². The van der Waals surface area contributed by atoms with E-state index in [2.05, 4.69) is 17.1 Å². The van der Waals surface area contributed by atoms with Gasteiger partial charge >= 0.3 is 6.03 Å². The number of aliphatic imine (C=N–C) groups is 1. The molecule has 0 aromatic heterocycles. The second-order valence-electron chi connectivity index (χ2n) is 7.68. The molecule has 0 spiro atoms. The minimum Gasteiger partial charge on any atom is -0.338 e. The van der Waals surface area contributed by atoms with Gasteiger partial charge in [0, 0.05) is 26.1 Å². The van der Waals surface area contributed by atoms with E-state index in [4.69, 9.17) is 0 Å². The topological polar surface area (TPSA) is 70.0 Å². The summed E-state index contributed by atoms with van der Waals surface area (Å²) in [6.45, 7) is 1.82. The predicted octanol–water partition coefficient (Wildman–Crippen LogP) is 3.28. The van der Waals surface area contributed by atoms with Gasteiger partial charge in [0.2, 0.25) is 11.8 Å². The van der Waals surface area contributed by atoms with Crippen molar-refractivity contribution in [3.63, 3.8) is 0 Å². The summed E-state index contributed by atoms with van der Waals surface area (Å²) in [5.41, 5.74) is 3.09. The van der Waals surface area contributed by atoms with Crippen LogP contribution in [-0.4, -0.2) is 46.4 Å². The van der Waals surface area contributed by atoms with Gasteiger partial charge in [0.05, 0.1) is 11.6 Å². The molecule has 29 heavy (non-hydrogen) atoms. The number of carbonyl (C=O) groups is 3. The first-order valence-electron chi connectivity index (χ1n) is 10.3. The first-order chi connectivity index (χ1) is 14.1. The minimum atomic E-state index is -0.482. The average Bonchev–Trinajstić information content (AvgIpc) is 2.75. The largest absolute Gasteiger partial charge is 0.350 e. The molecule has 1 aromatic rings. The van der Waals surface area contributed by atoms with E-state index in [0.29, 0.717) is 31.6 Å². The highest BCUT2D eigenvalue weighted by atomic mass is 16.2. The quantitative estimate of drug-likeness (QED) is 0.699. The zero-order valence-electron chi connectivity index (χ0n) is 16.4. The lowest BCUT2D eigenvalue weighted by Crippen LogP contribution is -2.46. The molecule has 150 valence electrons. The van der Waals surface area contributed by atoms with Crippen molar-refractivity contribution in [2.75, 3.05) is 13.1 Å². The highest BCUT2D eigenvalue weighted by Crippen LogP contribution is 2.21. The van der Waals surface area contributed by atoms with Crippen molar-refractivity contribution in [2.24, 2.45) is 10.9 Å². The molecule has 4 amide bonds. The monoisotopic (exact) mass is 391 g/mol. The normalized spacial score (nSPS) is 20.4. The molecule has 3 aliphatic rings. The number of carbonyl (C=O) groups excluding carboxylic acids is 3. The van der Waals surface area contributed by atoms with Gasteiger partial charge in [-0.25, -0.2) is 4.79 Å². The van der Waals surface area contributed by atoms with Crippen LogP contribution in [0.3, 0.4) is 0 Å². The molecule has 6 nitrogen and oxygen atoms in total. The van der Waals surface area contributed by atoms with Gasteiger partial charge in [-0.15, -0.1) is 0 Å². The molecule has 6 heteroatoms. The van der Waals surface area contributed by atoms with E-state index < -0.39 is 11.9 Å². The smallest absolute Gasteiger partial charge is 0.338 e. The molecular weight excluding hydrogens is 366 g/mol. The van der Waals surface area contributed by atoms with Gasteiger partial charge in [-0.3, -0.25) is 14.5 Å². The van der Waals surface area contributed by atoms with Gasteiger partial charge < -0.3 is 4.90 Å². The Morgan fingerprint density at radius 2 is 1.90 bits per heavy atom. The lowest BCUT2D eigenvalue weighted by molar-refractivity contribution is -0.132. The van der Waals surface area contributed by atoms with Crippen LogP contribution in [0.1, 0.15) is 36.8 Å². The van der Waals surface area contributed by atoms with Crippen molar-refractivity contribution in [3.8, 4) is 0 Å². The van der Waals surface area contributed by atoms with Crippen LogP contribution in [0.5, 0.6) is 0 Å². The van der Waals surface area contributed by atoms with E-state index in [1.165, 1.54) is 16.0 Å².